The average Bonchev–Trinajstić information content (AvgIpc) is 2.54. The number of carbonyl (C=O) groups is 1. The number of aromatic nitrogens is 1. The number of pyridine rings is 1. The smallest absolute Gasteiger partial charge is 0.407 e. The van der Waals surface area contributed by atoms with Gasteiger partial charge in [-0.3, -0.25) is 0 Å². The van der Waals surface area contributed by atoms with E-state index >= 15 is 0 Å². The summed E-state index contributed by atoms with van der Waals surface area (Å²) in [5.74, 6) is 0.606. The van der Waals surface area contributed by atoms with Crippen molar-refractivity contribution in [2.45, 2.75) is 6.54 Å². The Hall–Kier alpha value is -3.07. The van der Waals surface area contributed by atoms with Crippen molar-refractivity contribution in [2.24, 2.45) is 0 Å². The highest BCUT2D eigenvalue weighted by atomic mass is 16.5. The minimum Gasteiger partial charge on any atom is -0.453 e. The number of nitrogens with one attached hydrogen (secondary N) is 2. The standard InChI is InChI=1S/C15H14N4O2/c1-21-15(20)17-10-11-5-7-12(8-6-11)18-14-4-2-3-13(9-16)19-14/h2-8H,10H2,1H3,(H,17,20)(H,18,19). The number of hydrogen-bond acceptors (Lipinski definition) is 5. The molecular weight excluding hydrogens is 268 g/mol. The van der Waals surface area contributed by atoms with Gasteiger partial charge in [0.25, 0.3) is 0 Å². The first-order chi connectivity index (χ1) is 10.2. The normalized spacial score (nSPS) is 9.52. The lowest BCUT2D eigenvalue weighted by atomic mass is 10.2. The summed E-state index contributed by atoms with van der Waals surface area (Å²) in [6, 6.07) is 14.7. The number of nitriles is 1. The summed E-state index contributed by atoms with van der Waals surface area (Å²) >= 11 is 0. The van der Waals surface area contributed by atoms with E-state index in [9.17, 15) is 4.79 Å². The van der Waals surface area contributed by atoms with Crippen LogP contribution < -0.4 is 10.6 Å². The molecule has 2 N–H and O–H groups in total. The quantitative estimate of drug-likeness (QED) is 0.899. The second-order valence-electron chi connectivity index (χ2n) is 4.19. The lowest BCUT2D eigenvalue weighted by molar-refractivity contribution is 0.170. The van der Waals surface area contributed by atoms with E-state index in [2.05, 4.69) is 20.4 Å². The number of nitrogens with zero attached hydrogens (tertiary/aromatic N) is 2. The molecule has 21 heavy (non-hydrogen) atoms. The van der Waals surface area contributed by atoms with Gasteiger partial charge in [0.15, 0.2) is 0 Å². The maximum Gasteiger partial charge on any atom is 0.407 e. The molecule has 2 aromatic rings. The van der Waals surface area contributed by atoms with Crippen molar-refractivity contribution >= 4 is 17.6 Å². The summed E-state index contributed by atoms with van der Waals surface area (Å²) < 4.78 is 4.50. The maximum absolute atomic E-state index is 11.0. The second-order valence-corrected chi connectivity index (χ2v) is 4.19. The number of ether oxygens (including phenoxy) is 1. The third-order valence-corrected chi connectivity index (χ3v) is 2.71. The van der Waals surface area contributed by atoms with Gasteiger partial charge in [0, 0.05) is 12.2 Å². The molecule has 0 atom stereocenters. The van der Waals surface area contributed by atoms with Crippen LogP contribution in [0, 0.1) is 11.3 Å². The minimum atomic E-state index is -0.463. The second kappa shape index (κ2) is 6.91. The van der Waals surface area contributed by atoms with Gasteiger partial charge in [0.05, 0.1) is 7.11 Å². The molecule has 1 aromatic carbocycles. The molecule has 0 aliphatic heterocycles. The van der Waals surface area contributed by atoms with E-state index in [1.807, 2.05) is 30.3 Å². The molecule has 0 saturated heterocycles. The third-order valence-electron chi connectivity index (χ3n) is 2.71. The Bertz CT molecular complexity index is 662. The number of methoxy groups -OCH3 is 1. The van der Waals surface area contributed by atoms with Gasteiger partial charge >= 0.3 is 6.09 Å². The molecule has 0 bridgehead atoms. The van der Waals surface area contributed by atoms with E-state index in [-0.39, 0.29) is 0 Å². The maximum atomic E-state index is 11.0. The molecular formula is C15H14N4O2. The van der Waals surface area contributed by atoms with Crippen molar-refractivity contribution in [3.8, 4) is 6.07 Å². The zero-order valence-electron chi connectivity index (χ0n) is 11.5. The van der Waals surface area contributed by atoms with Crippen molar-refractivity contribution in [3.63, 3.8) is 0 Å². The molecule has 106 valence electrons. The van der Waals surface area contributed by atoms with Crippen molar-refractivity contribution in [3.05, 3.63) is 53.7 Å². The summed E-state index contributed by atoms with van der Waals surface area (Å²) in [5, 5.41) is 14.5. The largest absolute Gasteiger partial charge is 0.453 e. The molecule has 0 saturated carbocycles. The van der Waals surface area contributed by atoms with E-state index in [4.69, 9.17) is 5.26 Å². The topological polar surface area (TPSA) is 87.0 Å². The molecule has 0 radical (unpaired) electrons. The Balaban J connectivity index is 1.99. The molecule has 6 heteroatoms. The van der Waals surface area contributed by atoms with E-state index in [1.54, 1.807) is 18.2 Å². The van der Waals surface area contributed by atoms with Crippen LogP contribution in [-0.4, -0.2) is 18.2 Å². The lowest BCUT2D eigenvalue weighted by Gasteiger charge is -2.07. The number of rotatable bonds is 4. The van der Waals surface area contributed by atoms with Crippen LogP contribution in [0.1, 0.15) is 11.3 Å². The molecule has 1 aromatic heterocycles. The number of benzene rings is 1. The molecule has 0 fully saturated rings. The molecule has 1 heterocycles. The van der Waals surface area contributed by atoms with E-state index in [1.165, 1.54) is 7.11 Å². The molecule has 1 amide bonds. The molecule has 6 nitrogen and oxygen atoms in total. The van der Waals surface area contributed by atoms with Crippen molar-refractivity contribution in [2.75, 3.05) is 12.4 Å². The van der Waals surface area contributed by atoms with Gasteiger partial charge < -0.3 is 15.4 Å². The lowest BCUT2D eigenvalue weighted by Crippen LogP contribution is -2.22. The van der Waals surface area contributed by atoms with Crippen LogP contribution in [-0.2, 0) is 11.3 Å². The monoisotopic (exact) mass is 282 g/mol. The summed E-state index contributed by atoms with van der Waals surface area (Å²) in [5.41, 5.74) is 2.16. The van der Waals surface area contributed by atoms with Gasteiger partial charge in [0.1, 0.15) is 17.6 Å². The first kappa shape index (κ1) is 14.3. The van der Waals surface area contributed by atoms with Crippen molar-refractivity contribution < 1.29 is 9.53 Å². The van der Waals surface area contributed by atoms with E-state index in [0.29, 0.717) is 18.1 Å². The van der Waals surface area contributed by atoms with Crippen LogP contribution in [0.4, 0.5) is 16.3 Å². The Morgan fingerprint density at radius 2 is 2.05 bits per heavy atom. The SMILES string of the molecule is COC(=O)NCc1ccc(Nc2cccc(C#N)n2)cc1. The van der Waals surface area contributed by atoms with Crippen LogP contribution >= 0.6 is 0 Å². The van der Waals surface area contributed by atoms with Gasteiger partial charge in [-0.25, -0.2) is 9.78 Å². The van der Waals surface area contributed by atoms with Gasteiger partial charge in [-0.2, -0.15) is 5.26 Å². The van der Waals surface area contributed by atoms with Gasteiger partial charge in [0.2, 0.25) is 0 Å². The fourth-order valence-electron chi connectivity index (χ4n) is 1.67. The van der Waals surface area contributed by atoms with Crippen LogP contribution in [0.15, 0.2) is 42.5 Å². The van der Waals surface area contributed by atoms with Crippen LogP contribution in [0.3, 0.4) is 0 Å². The number of hydrogen-bond donors (Lipinski definition) is 2. The van der Waals surface area contributed by atoms with Crippen LogP contribution in [0.5, 0.6) is 0 Å². The number of carbonyl (C=O) groups excluding carboxylic acids is 1. The number of alkyl carbamates (subject to hydrolysis) is 1. The predicted octanol–water partition coefficient (Wildman–Crippen LogP) is 2.55. The molecule has 0 spiro atoms. The Labute approximate surface area is 122 Å². The van der Waals surface area contributed by atoms with Crippen LogP contribution in [0.2, 0.25) is 0 Å². The highest BCUT2D eigenvalue weighted by Crippen LogP contribution is 2.15. The third kappa shape index (κ3) is 4.21. The minimum absolute atomic E-state index is 0.360. The first-order valence-electron chi connectivity index (χ1n) is 6.26. The van der Waals surface area contributed by atoms with E-state index in [0.717, 1.165) is 11.3 Å². The Kier molecular flexibility index (Phi) is 4.72. The molecule has 0 aliphatic carbocycles. The molecule has 0 aliphatic rings. The molecule has 0 unspecified atom stereocenters. The summed E-state index contributed by atoms with van der Waals surface area (Å²) in [6.07, 6.45) is -0.463. The fraction of sp³-hybridized carbons (Fsp3) is 0.133. The van der Waals surface area contributed by atoms with Gasteiger partial charge in [-0.1, -0.05) is 18.2 Å². The predicted molar refractivity (Wildman–Crippen MR) is 77.9 cm³/mol. The van der Waals surface area contributed by atoms with E-state index < -0.39 is 6.09 Å². The Morgan fingerprint density at radius 3 is 2.71 bits per heavy atom. The highest BCUT2D eigenvalue weighted by molar-refractivity contribution is 5.67. The zero-order valence-corrected chi connectivity index (χ0v) is 11.5. The van der Waals surface area contributed by atoms with Gasteiger partial charge in [-0.05, 0) is 29.8 Å². The summed E-state index contributed by atoms with van der Waals surface area (Å²) in [7, 11) is 1.32. The first-order valence-corrected chi connectivity index (χ1v) is 6.26. The summed E-state index contributed by atoms with van der Waals surface area (Å²) in [6.45, 7) is 0.398. The van der Waals surface area contributed by atoms with Crippen molar-refractivity contribution in [1.82, 2.24) is 10.3 Å². The average molecular weight is 282 g/mol. The van der Waals surface area contributed by atoms with Crippen LogP contribution in [0.25, 0.3) is 0 Å². The Morgan fingerprint density at radius 1 is 1.29 bits per heavy atom. The highest BCUT2D eigenvalue weighted by Gasteiger charge is 2.01. The van der Waals surface area contributed by atoms with Crippen molar-refractivity contribution in [1.29, 1.82) is 5.26 Å². The fourth-order valence-corrected chi connectivity index (χ4v) is 1.67. The number of anilines is 2. The van der Waals surface area contributed by atoms with Gasteiger partial charge in [-0.15, -0.1) is 0 Å². The zero-order chi connectivity index (χ0) is 15.1. The molecule has 2 rings (SSSR count). The number of amides is 1. The summed E-state index contributed by atoms with van der Waals surface area (Å²) in [4.78, 5) is 15.1.